The lowest BCUT2D eigenvalue weighted by Gasteiger charge is -2.24. The van der Waals surface area contributed by atoms with Crippen molar-refractivity contribution in [2.45, 2.75) is 32.4 Å². The summed E-state index contributed by atoms with van der Waals surface area (Å²) in [5, 5.41) is 0. The SMILES string of the molecule is CCC1CN(Cc2ccc(OC)cc2)CC1(C)N. The number of benzene rings is 1. The number of nitrogens with two attached hydrogens (primary N) is 1. The van der Waals surface area contributed by atoms with E-state index in [0.717, 1.165) is 31.8 Å². The molecule has 2 unspecified atom stereocenters. The van der Waals surface area contributed by atoms with Gasteiger partial charge in [0, 0.05) is 25.2 Å². The van der Waals surface area contributed by atoms with Crippen LogP contribution in [-0.4, -0.2) is 30.6 Å². The molecule has 2 rings (SSSR count). The summed E-state index contributed by atoms with van der Waals surface area (Å²) < 4.78 is 5.17. The Morgan fingerprint density at radius 1 is 1.39 bits per heavy atom. The predicted octanol–water partition coefficient (Wildman–Crippen LogP) is 2.25. The summed E-state index contributed by atoms with van der Waals surface area (Å²) in [6, 6.07) is 8.30. The van der Waals surface area contributed by atoms with Crippen molar-refractivity contribution in [2.24, 2.45) is 11.7 Å². The quantitative estimate of drug-likeness (QED) is 0.888. The first kappa shape index (κ1) is 13.4. The first-order valence-corrected chi connectivity index (χ1v) is 6.69. The van der Waals surface area contributed by atoms with E-state index in [1.54, 1.807) is 7.11 Å². The van der Waals surface area contributed by atoms with Gasteiger partial charge in [-0.15, -0.1) is 0 Å². The van der Waals surface area contributed by atoms with Crippen LogP contribution >= 0.6 is 0 Å². The molecule has 0 amide bonds. The van der Waals surface area contributed by atoms with Crippen molar-refractivity contribution in [1.82, 2.24) is 4.90 Å². The standard InChI is InChI=1S/C15H24N2O/c1-4-13-10-17(11-15(13,2)16)9-12-5-7-14(18-3)8-6-12/h5-8,13H,4,9-11,16H2,1-3H3. The molecule has 100 valence electrons. The minimum Gasteiger partial charge on any atom is -0.497 e. The van der Waals surface area contributed by atoms with Gasteiger partial charge in [0.2, 0.25) is 0 Å². The third-order valence-electron chi connectivity index (χ3n) is 4.03. The Balaban J connectivity index is 1.98. The fourth-order valence-electron chi connectivity index (χ4n) is 2.90. The molecule has 1 aliphatic heterocycles. The second-order valence-electron chi connectivity index (χ2n) is 5.63. The molecule has 1 aromatic carbocycles. The van der Waals surface area contributed by atoms with Crippen LogP contribution in [0.2, 0.25) is 0 Å². The zero-order chi connectivity index (χ0) is 13.2. The molecule has 1 heterocycles. The molecule has 0 aliphatic carbocycles. The van der Waals surface area contributed by atoms with Crippen LogP contribution in [0.1, 0.15) is 25.8 Å². The molecule has 0 aromatic heterocycles. The Labute approximate surface area is 110 Å². The van der Waals surface area contributed by atoms with Gasteiger partial charge < -0.3 is 10.5 Å². The molecule has 0 bridgehead atoms. The van der Waals surface area contributed by atoms with Crippen molar-refractivity contribution >= 4 is 0 Å². The van der Waals surface area contributed by atoms with Crippen LogP contribution in [0.3, 0.4) is 0 Å². The maximum absolute atomic E-state index is 6.36. The fraction of sp³-hybridized carbons (Fsp3) is 0.600. The average molecular weight is 248 g/mol. The van der Waals surface area contributed by atoms with Gasteiger partial charge in [-0.25, -0.2) is 0 Å². The lowest BCUT2D eigenvalue weighted by atomic mass is 9.88. The van der Waals surface area contributed by atoms with Crippen molar-refractivity contribution in [3.63, 3.8) is 0 Å². The van der Waals surface area contributed by atoms with Crippen LogP contribution in [0.4, 0.5) is 0 Å². The van der Waals surface area contributed by atoms with Crippen LogP contribution in [0.15, 0.2) is 24.3 Å². The molecule has 2 atom stereocenters. The van der Waals surface area contributed by atoms with Gasteiger partial charge in [-0.2, -0.15) is 0 Å². The number of methoxy groups -OCH3 is 1. The topological polar surface area (TPSA) is 38.5 Å². The molecule has 0 spiro atoms. The van der Waals surface area contributed by atoms with E-state index in [0.29, 0.717) is 5.92 Å². The molecule has 0 radical (unpaired) electrons. The summed E-state index contributed by atoms with van der Waals surface area (Å²) in [4.78, 5) is 2.45. The highest BCUT2D eigenvalue weighted by atomic mass is 16.5. The highest BCUT2D eigenvalue weighted by Crippen LogP contribution is 2.28. The van der Waals surface area contributed by atoms with Crippen LogP contribution in [-0.2, 0) is 6.54 Å². The molecule has 1 aromatic rings. The van der Waals surface area contributed by atoms with E-state index in [-0.39, 0.29) is 5.54 Å². The van der Waals surface area contributed by atoms with Crippen LogP contribution in [0.25, 0.3) is 0 Å². The Morgan fingerprint density at radius 2 is 2.06 bits per heavy atom. The van der Waals surface area contributed by atoms with Crippen molar-refractivity contribution < 1.29 is 4.74 Å². The summed E-state index contributed by atoms with van der Waals surface area (Å²) in [5.41, 5.74) is 7.64. The number of hydrogen-bond acceptors (Lipinski definition) is 3. The van der Waals surface area contributed by atoms with Gasteiger partial charge in [-0.3, -0.25) is 4.90 Å². The van der Waals surface area contributed by atoms with Crippen molar-refractivity contribution in [3.05, 3.63) is 29.8 Å². The van der Waals surface area contributed by atoms with E-state index in [1.807, 2.05) is 12.1 Å². The molecule has 2 N–H and O–H groups in total. The van der Waals surface area contributed by atoms with Gasteiger partial charge in [0.15, 0.2) is 0 Å². The maximum Gasteiger partial charge on any atom is 0.118 e. The summed E-state index contributed by atoms with van der Waals surface area (Å²) in [5.74, 6) is 1.52. The third-order valence-corrected chi connectivity index (χ3v) is 4.03. The van der Waals surface area contributed by atoms with Gasteiger partial charge >= 0.3 is 0 Å². The second kappa shape index (κ2) is 5.29. The van der Waals surface area contributed by atoms with Crippen LogP contribution < -0.4 is 10.5 Å². The zero-order valence-electron chi connectivity index (χ0n) is 11.6. The minimum atomic E-state index is -0.0405. The lowest BCUT2D eigenvalue weighted by molar-refractivity contribution is 0.309. The number of hydrogen-bond donors (Lipinski definition) is 1. The summed E-state index contributed by atoms with van der Waals surface area (Å²) in [6.07, 6.45) is 1.16. The highest BCUT2D eigenvalue weighted by Gasteiger charge is 2.38. The Hall–Kier alpha value is -1.06. The molecule has 1 saturated heterocycles. The largest absolute Gasteiger partial charge is 0.497 e. The van der Waals surface area contributed by atoms with Crippen molar-refractivity contribution in [2.75, 3.05) is 20.2 Å². The van der Waals surface area contributed by atoms with Crippen molar-refractivity contribution in [1.29, 1.82) is 0 Å². The molecule has 1 fully saturated rings. The van der Waals surface area contributed by atoms with Crippen LogP contribution in [0.5, 0.6) is 5.75 Å². The van der Waals surface area contributed by atoms with Gasteiger partial charge in [-0.1, -0.05) is 25.5 Å². The smallest absolute Gasteiger partial charge is 0.118 e. The first-order chi connectivity index (χ1) is 8.55. The van der Waals surface area contributed by atoms with Gasteiger partial charge in [0.05, 0.1) is 7.11 Å². The van der Waals surface area contributed by atoms with Gasteiger partial charge in [0.25, 0.3) is 0 Å². The van der Waals surface area contributed by atoms with Gasteiger partial charge in [0.1, 0.15) is 5.75 Å². The van der Waals surface area contributed by atoms with E-state index < -0.39 is 0 Å². The van der Waals surface area contributed by atoms with Crippen LogP contribution in [0, 0.1) is 5.92 Å². The maximum atomic E-state index is 6.36. The van der Waals surface area contributed by atoms with Crippen molar-refractivity contribution in [3.8, 4) is 5.75 Å². The molecular weight excluding hydrogens is 224 g/mol. The lowest BCUT2D eigenvalue weighted by Crippen LogP contribution is -2.44. The van der Waals surface area contributed by atoms with E-state index in [1.165, 1.54) is 5.56 Å². The number of likely N-dealkylation sites (tertiary alicyclic amines) is 1. The first-order valence-electron chi connectivity index (χ1n) is 6.69. The van der Waals surface area contributed by atoms with E-state index in [4.69, 9.17) is 10.5 Å². The Kier molecular flexibility index (Phi) is 3.93. The van der Waals surface area contributed by atoms with E-state index in [2.05, 4.69) is 30.9 Å². The molecular formula is C15H24N2O. The Bertz CT molecular complexity index is 386. The monoisotopic (exact) mass is 248 g/mol. The summed E-state index contributed by atoms with van der Waals surface area (Å²) in [7, 11) is 1.70. The van der Waals surface area contributed by atoms with E-state index in [9.17, 15) is 0 Å². The van der Waals surface area contributed by atoms with E-state index >= 15 is 0 Å². The Morgan fingerprint density at radius 3 is 2.56 bits per heavy atom. The normalized spacial score (nSPS) is 28.6. The number of nitrogens with zero attached hydrogens (tertiary/aromatic N) is 1. The predicted molar refractivity (Wildman–Crippen MR) is 74.6 cm³/mol. The highest BCUT2D eigenvalue weighted by molar-refractivity contribution is 5.27. The van der Waals surface area contributed by atoms with Gasteiger partial charge in [-0.05, 0) is 30.5 Å². The number of ether oxygens (including phenoxy) is 1. The molecule has 3 heteroatoms. The molecule has 3 nitrogen and oxygen atoms in total. The molecule has 1 aliphatic rings. The average Bonchev–Trinajstić information content (AvgIpc) is 2.64. The second-order valence-corrected chi connectivity index (χ2v) is 5.63. The molecule has 0 saturated carbocycles. The zero-order valence-corrected chi connectivity index (χ0v) is 11.6. The summed E-state index contributed by atoms with van der Waals surface area (Å²) >= 11 is 0. The fourth-order valence-corrected chi connectivity index (χ4v) is 2.90. The summed E-state index contributed by atoms with van der Waals surface area (Å²) in [6.45, 7) is 7.47. The number of rotatable bonds is 4. The minimum absolute atomic E-state index is 0.0405. The molecule has 18 heavy (non-hydrogen) atoms. The third kappa shape index (κ3) is 2.85.